The maximum absolute atomic E-state index is 10.9. The minimum atomic E-state index is 0.668. The van der Waals surface area contributed by atoms with Crippen LogP contribution in [-0.4, -0.2) is 12.6 Å². The van der Waals surface area contributed by atoms with Gasteiger partial charge in [0.1, 0.15) is 12.6 Å². The highest BCUT2D eigenvalue weighted by Gasteiger charge is 2.03. The summed E-state index contributed by atoms with van der Waals surface area (Å²) in [5, 5.41) is 2.36. The van der Waals surface area contributed by atoms with Gasteiger partial charge in [0.05, 0.1) is 0 Å². The topological polar surface area (TPSA) is 34.1 Å². The average Bonchev–Trinajstić information content (AvgIpc) is 2.98. The molecule has 0 fully saturated rings. The van der Waals surface area contributed by atoms with E-state index in [4.69, 9.17) is 0 Å². The molecule has 0 aliphatic heterocycles. The molecule has 0 unspecified atom stereocenters. The van der Waals surface area contributed by atoms with Crippen LogP contribution in [0.2, 0.25) is 0 Å². The van der Waals surface area contributed by atoms with Crippen molar-refractivity contribution < 1.29 is 9.59 Å². The van der Waals surface area contributed by atoms with Crippen molar-refractivity contribution in [2.75, 3.05) is 0 Å². The van der Waals surface area contributed by atoms with Crippen molar-refractivity contribution in [1.82, 2.24) is 0 Å². The van der Waals surface area contributed by atoms with Crippen LogP contribution < -0.4 is 0 Å². The van der Waals surface area contributed by atoms with Crippen LogP contribution in [0.5, 0.6) is 0 Å². The van der Waals surface area contributed by atoms with E-state index in [0.717, 1.165) is 34.8 Å². The van der Waals surface area contributed by atoms with Crippen LogP contribution in [-0.2, 0) is 0 Å². The number of hydrogen-bond donors (Lipinski definition) is 0. The Morgan fingerprint density at radius 1 is 0.444 bits per heavy atom. The van der Waals surface area contributed by atoms with Crippen LogP contribution in [0, 0.1) is 0 Å². The zero-order chi connectivity index (χ0) is 26.8. The summed E-state index contributed by atoms with van der Waals surface area (Å²) in [5.74, 6) is 0. The first kappa shape index (κ1) is 30.0. The molecule has 0 aliphatic carbocycles. The van der Waals surface area contributed by atoms with Crippen LogP contribution in [0.15, 0.2) is 84.9 Å². The molecule has 186 valence electrons. The lowest BCUT2D eigenvalue weighted by Gasteiger charge is -2.07. The minimum Gasteiger partial charge on any atom is -0.298 e. The largest absolute Gasteiger partial charge is 0.298 e. The molecule has 36 heavy (non-hydrogen) atoms. The third-order valence-electron chi connectivity index (χ3n) is 5.05. The summed E-state index contributed by atoms with van der Waals surface area (Å²) in [6.45, 7) is 12.0. The Kier molecular flexibility index (Phi) is 14.5. The van der Waals surface area contributed by atoms with E-state index >= 15 is 0 Å². The Hall–Kier alpha value is -4.04. The van der Waals surface area contributed by atoms with Crippen molar-refractivity contribution in [2.45, 2.75) is 41.5 Å². The van der Waals surface area contributed by atoms with Crippen LogP contribution in [0.3, 0.4) is 0 Å². The maximum atomic E-state index is 10.9. The normalized spacial score (nSPS) is 9.94. The zero-order valence-corrected chi connectivity index (χ0v) is 22.4. The standard InChI is InChI=1S/C28H20O2.3C2H6/c29-19-23-9-5-21(6-10-23)13-15-26-17-16-25-3-1-2-4-27(25)28(26)18-14-22-7-11-24(20-30)12-8-22;3*1-2/h1-20H;3*1-2H3. The van der Waals surface area contributed by atoms with Crippen molar-refractivity contribution in [3.05, 3.63) is 118 Å². The van der Waals surface area contributed by atoms with Crippen molar-refractivity contribution in [2.24, 2.45) is 0 Å². The summed E-state index contributed by atoms with van der Waals surface area (Å²) >= 11 is 0. The Labute approximate surface area is 217 Å². The summed E-state index contributed by atoms with van der Waals surface area (Å²) in [4.78, 5) is 21.7. The molecule has 0 heterocycles. The number of fused-ring (bicyclic) bond motifs is 1. The number of rotatable bonds is 6. The first-order chi connectivity index (χ1) is 17.8. The van der Waals surface area contributed by atoms with Gasteiger partial charge < -0.3 is 0 Å². The second-order valence-corrected chi connectivity index (χ2v) is 7.03. The van der Waals surface area contributed by atoms with E-state index in [0.29, 0.717) is 11.1 Å². The Bertz CT molecular complexity index is 1240. The van der Waals surface area contributed by atoms with E-state index in [1.807, 2.05) is 102 Å². The fourth-order valence-corrected chi connectivity index (χ4v) is 3.38. The SMILES string of the molecule is CC.CC.CC.O=Cc1ccc(C=Cc2ccc3ccccc3c2C=Cc2ccc(C=O)cc2)cc1. The number of carbonyl (C=O) groups is 2. The second-order valence-electron chi connectivity index (χ2n) is 7.03. The Morgan fingerprint density at radius 2 is 0.889 bits per heavy atom. The first-order valence-corrected chi connectivity index (χ1v) is 12.8. The van der Waals surface area contributed by atoms with Gasteiger partial charge in [-0.15, -0.1) is 0 Å². The molecule has 0 saturated carbocycles. The molecular formula is C34H38O2. The highest BCUT2D eigenvalue weighted by molar-refractivity contribution is 5.97. The monoisotopic (exact) mass is 478 g/mol. The molecule has 0 radical (unpaired) electrons. The molecule has 0 aromatic heterocycles. The van der Waals surface area contributed by atoms with Gasteiger partial charge in [0, 0.05) is 11.1 Å². The van der Waals surface area contributed by atoms with E-state index in [9.17, 15) is 9.59 Å². The van der Waals surface area contributed by atoms with E-state index in [-0.39, 0.29) is 0 Å². The van der Waals surface area contributed by atoms with Gasteiger partial charge in [0.15, 0.2) is 0 Å². The molecule has 0 saturated heterocycles. The molecular weight excluding hydrogens is 440 g/mol. The van der Waals surface area contributed by atoms with E-state index in [2.05, 4.69) is 48.6 Å². The molecule has 0 amide bonds. The first-order valence-electron chi connectivity index (χ1n) is 12.8. The van der Waals surface area contributed by atoms with Crippen molar-refractivity contribution in [3.8, 4) is 0 Å². The van der Waals surface area contributed by atoms with Gasteiger partial charge in [0.2, 0.25) is 0 Å². The molecule has 2 heteroatoms. The van der Waals surface area contributed by atoms with Gasteiger partial charge in [-0.3, -0.25) is 9.59 Å². The lowest BCUT2D eigenvalue weighted by molar-refractivity contribution is 0.111. The Morgan fingerprint density at radius 3 is 1.39 bits per heavy atom. The van der Waals surface area contributed by atoms with E-state index in [1.165, 1.54) is 10.8 Å². The predicted octanol–water partition coefficient (Wildman–Crippen LogP) is 9.88. The van der Waals surface area contributed by atoms with Gasteiger partial charge in [0.25, 0.3) is 0 Å². The second kappa shape index (κ2) is 17.4. The maximum Gasteiger partial charge on any atom is 0.150 e. The summed E-state index contributed by atoms with van der Waals surface area (Å²) in [5.41, 5.74) is 5.65. The molecule has 4 rings (SSSR count). The lowest BCUT2D eigenvalue weighted by atomic mass is 9.97. The van der Waals surface area contributed by atoms with Crippen molar-refractivity contribution >= 4 is 47.6 Å². The number of benzene rings is 4. The molecule has 0 aliphatic rings. The van der Waals surface area contributed by atoms with Gasteiger partial charge in [-0.1, -0.05) is 151 Å². The predicted molar refractivity (Wildman–Crippen MR) is 160 cm³/mol. The van der Waals surface area contributed by atoms with Gasteiger partial charge in [-0.2, -0.15) is 0 Å². The van der Waals surface area contributed by atoms with Gasteiger partial charge >= 0.3 is 0 Å². The van der Waals surface area contributed by atoms with E-state index < -0.39 is 0 Å². The molecule has 0 N–H and O–H groups in total. The molecule has 4 aromatic rings. The number of carbonyl (C=O) groups excluding carboxylic acids is 2. The van der Waals surface area contributed by atoms with Gasteiger partial charge in [-0.05, 0) is 33.0 Å². The molecule has 0 atom stereocenters. The fraction of sp³-hybridized carbons (Fsp3) is 0.176. The van der Waals surface area contributed by atoms with Crippen LogP contribution in [0.4, 0.5) is 0 Å². The Balaban J connectivity index is 0.00000101. The van der Waals surface area contributed by atoms with Gasteiger partial charge in [-0.25, -0.2) is 0 Å². The summed E-state index contributed by atoms with van der Waals surface area (Å²) in [7, 11) is 0. The zero-order valence-electron chi connectivity index (χ0n) is 22.4. The lowest BCUT2D eigenvalue weighted by Crippen LogP contribution is -1.85. The molecule has 0 bridgehead atoms. The smallest absolute Gasteiger partial charge is 0.150 e. The number of hydrogen-bond acceptors (Lipinski definition) is 2. The van der Waals surface area contributed by atoms with Crippen molar-refractivity contribution in [1.29, 1.82) is 0 Å². The third kappa shape index (κ3) is 8.63. The highest BCUT2D eigenvalue weighted by atomic mass is 16.1. The summed E-state index contributed by atoms with van der Waals surface area (Å²) in [6.07, 6.45) is 10.0. The van der Waals surface area contributed by atoms with E-state index in [1.54, 1.807) is 0 Å². The van der Waals surface area contributed by atoms with Crippen LogP contribution >= 0.6 is 0 Å². The quantitative estimate of drug-likeness (QED) is 0.204. The highest BCUT2D eigenvalue weighted by Crippen LogP contribution is 2.26. The summed E-state index contributed by atoms with van der Waals surface area (Å²) < 4.78 is 0. The third-order valence-corrected chi connectivity index (χ3v) is 5.05. The summed E-state index contributed by atoms with van der Waals surface area (Å²) in [6, 6.07) is 27.6. The van der Waals surface area contributed by atoms with Crippen LogP contribution in [0.25, 0.3) is 35.1 Å². The van der Waals surface area contributed by atoms with Crippen LogP contribution in [0.1, 0.15) is 84.5 Å². The molecule has 4 aromatic carbocycles. The number of aldehydes is 2. The molecule has 0 spiro atoms. The van der Waals surface area contributed by atoms with Crippen molar-refractivity contribution in [3.63, 3.8) is 0 Å². The fourth-order valence-electron chi connectivity index (χ4n) is 3.38. The molecule has 2 nitrogen and oxygen atoms in total. The minimum absolute atomic E-state index is 0.668. The average molecular weight is 479 g/mol.